The molecule has 0 saturated carbocycles. The smallest absolute Gasteiger partial charge is 0.257 e. The first kappa shape index (κ1) is 25.9. The molecule has 186 valence electrons. The monoisotopic (exact) mass is 473 g/mol. The summed E-state index contributed by atoms with van der Waals surface area (Å²) < 4.78 is 23.6. The average molecular weight is 474 g/mol. The first-order chi connectivity index (χ1) is 16.3. The number of hydrogen-bond donors (Lipinski definition) is 0. The summed E-state index contributed by atoms with van der Waals surface area (Å²) in [5.41, 5.74) is 0.552. The van der Waals surface area contributed by atoms with Gasteiger partial charge in [-0.15, -0.1) is 0 Å². The molecule has 34 heavy (non-hydrogen) atoms. The third kappa shape index (κ3) is 5.69. The minimum Gasteiger partial charge on any atom is -0.489 e. The molecule has 1 aromatic rings. The third-order valence-electron chi connectivity index (χ3n) is 6.83. The van der Waals surface area contributed by atoms with Gasteiger partial charge in [-0.05, 0) is 31.4 Å². The van der Waals surface area contributed by atoms with E-state index in [0.29, 0.717) is 13.0 Å². The quantitative estimate of drug-likeness (QED) is 0.648. The van der Waals surface area contributed by atoms with Crippen LogP contribution in [-0.2, 0) is 19.0 Å². The first-order valence-electron chi connectivity index (χ1n) is 11.7. The minimum absolute atomic E-state index is 0.0441. The maximum Gasteiger partial charge on any atom is 0.257 e. The Morgan fingerprint density at radius 1 is 1.06 bits per heavy atom. The number of nitrogens with zero attached hydrogens (tertiary/aromatic N) is 3. The second-order valence-electron chi connectivity index (χ2n) is 9.05. The predicted octanol–water partition coefficient (Wildman–Crippen LogP) is 2.08. The third-order valence-corrected chi connectivity index (χ3v) is 6.83. The van der Waals surface area contributed by atoms with Crippen LogP contribution in [0.5, 0.6) is 5.75 Å². The fraction of sp³-hybridized carbons (Fsp3) is 0.640. The maximum atomic E-state index is 13.4. The Labute approximate surface area is 201 Å². The maximum absolute atomic E-state index is 13.4. The Bertz CT molecular complexity index is 916. The zero-order chi connectivity index (χ0) is 24.8. The largest absolute Gasteiger partial charge is 0.489 e. The highest BCUT2D eigenvalue weighted by Crippen LogP contribution is 2.29. The predicted molar refractivity (Wildman–Crippen MR) is 125 cm³/mol. The van der Waals surface area contributed by atoms with Crippen molar-refractivity contribution in [2.45, 2.75) is 50.6 Å². The van der Waals surface area contributed by atoms with Gasteiger partial charge in [0, 0.05) is 41.4 Å². The van der Waals surface area contributed by atoms with Crippen molar-refractivity contribution in [1.82, 2.24) is 9.80 Å². The normalized spacial score (nSPS) is 29.2. The van der Waals surface area contributed by atoms with Gasteiger partial charge in [0.2, 0.25) is 5.91 Å². The number of carbonyl (C=O) groups excluding carboxylic acids is 2. The SMILES string of the molecule is CO[C@H]1CC[C@@H]2CCN(C)C(=O)[C@@H](C)[C@@H](OC)CN(C)C(=O)c3cccc(C#N)c3OC[C@@H]1O2. The van der Waals surface area contributed by atoms with Gasteiger partial charge >= 0.3 is 0 Å². The summed E-state index contributed by atoms with van der Waals surface area (Å²) in [6, 6.07) is 7.04. The highest BCUT2D eigenvalue weighted by molar-refractivity contribution is 5.97. The molecule has 1 fully saturated rings. The molecule has 0 aromatic heterocycles. The van der Waals surface area contributed by atoms with Gasteiger partial charge in [-0.25, -0.2) is 0 Å². The van der Waals surface area contributed by atoms with Crippen LogP contribution < -0.4 is 4.74 Å². The molecule has 3 rings (SSSR count). The van der Waals surface area contributed by atoms with Crippen LogP contribution in [-0.4, -0.2) is 94.0 Å². The van der Waals surface area contributed by atoms with Crippen molar-refractivity contribution >= 4 is 11.8 Å². The highest BCUT2D eigenvalue weighted by Gasteiger charge is 2.34. The van der Waals surface area contributed by atoms with Crippen molar-refractivity contribution in [3.8, 4) is 11.8 Å². The van der Waals surface area contributed by atoms with Gasteiger partial charge < -0.3 is 28.7 Å². The molecule has 9 nitrogen and oxygen atoms in total. The standard InChI is InChI=1S/C25H35N3O6/c1-16-21(32-5)14-28(3)25(30)19-8-6-7-17(13-26)23(19)33-15-22-20(31-4)10-9-18(34-22)11-12-27(2)24(16)29/h6-8,16,18,20-22H,9-12,14-15H2,1-5H3/t16-,18+,20-,21-,22-/m0/s1. The van der Waals surface area contributed by atoms with E-state index in [1.807, 2.05) is 6.92 Å². The second-order valence-corrected chi connectivity index (χ2v) is 9.05. The molecule has 0 unspecified atom stereocenters. The van der Waals surface area contributed by atoms with E-state index < -0.39 is 12.0 Å². The number of para-hydroxylation sites is 1. The van der Waals surface area contributed by atoms with Crippen molar-refractivity contribution in [3.05, 3.63) is 29.3 Å². The Morgan fingerprint density at radius 3 is 2.47 bits per heavy atom. The molecule has 2 amide bonds. The number of ether oxygens (including phenoxy) is 4. The van der Waals surface area contributed by atoms with Gasteiger partial charge in [0.25, 0.3) is 5.91 Å². The number of fused-ring (bicyclic) bond motifs is 3. The number of amides is 2. The molecule has 0 spiro atoms. The topological polar surface area (TPSA) is 101 Å². The molecule has 0 aliphatic carbocycles. The number of likely N-dealkylation sites (N-methyl/N-ethyl adjacent to an activating group) is 1. The molecular formula is C25H35N3O6. The number of carbonyl (C=O) groups is 2. The molecule has 5 atom stereocenters. The van der Waals surface area contributed by atoms with Crippen LogP contribution in [0, 0.1) is 17.2 Å². The van der Waals surface area contributed by atoms with Crippen molar-refractivity contribution in [3.63, 3.8) is 0 Å². The van der Waals surface area contributed by atoms with Gasteiger partial charge in [-0.3, -0.25) is 9.59 Å². The lowest BCUT2D eigenvalue weighted by atomic mass is 9.98. The van der Waals surface area contributed by atoms with E-state index in [1.54, 1.807) is 44.3 Å². The van der Waals surface area contributed by atoms with Gasteiger partial charge in [0.05, 0.1) is 35.4 Å². The minimum atomic E-state index is -0.488. The molecule has 2 aliphatic heterocycles. The molecule has 0 N–H and O–H groups in total. The average Bonchev–Trinajstić information content (AvgIpc) is 2.86. The lowest BCUT2D eigenvalue weighted by Gasteiger charge is -2.37. The Balaban J connectivity index is 1.98. The fourth-order valence-corrected chi connectivity index (χ4v) is 4.63. The van der Waals surface area contributed by atoms with E-state index in [0.717, 1.165) is 12.8 Å². The van der Waals surface area contributed by atoms with Crippen LogP contribution in [0.25, 0.3) is 0 Å². The van der Waals surface area contributed by atoms with E-state index in [1.165, 1.54) is 12.0 Å². The van der Waals surface area contributed by atoms with Crippen LogP contribution in [0.3, 0.4) is 0 Å². The molecular weight excluding hydrogens is 438 g/mol. The van der Waals surface area contributed by atoms with Crippen molar-refractivity contribution in [2.75, 3.05) is 48.0 Å². The molecule has 1 saturated heterocycles. The molecule has 2 heterocycles. The highest BCUT2D eigenvalue weighted by atomic mass is 16.6. The lowest BCUT2D eigenvalue weighted by Crippen LogP contribution is -2.47. The molecule has 9 heteroatoms. The molecule has 2 bridgehead atoms. The Morgan fingerprint density at radius 2 is 1.79 bits per heavy atom. The number of nitriles is 1. The summed E-state index contributed by atoms with van der Waals surface area (Å²) in [6.07, 6.45) is 1.25. The van der Waals surface area contributed by atoms with Gasteiger partial charge in [0.1, 0.15) is 24.5 Å². The van der Waals surface area contributed by atoms with Gasteiger partial charge in [-0.2, -0.15) is 5.26 Å². The Hall–Kier alpha value is -2.67. The summed E-state index contributed by atoms with van der Waals surface area (Å²) in [6.45, 7) is 2.72. The van der Waals surface area contributed by atoms with Crippen LogP contribution in [0.15, 0.2) is 18.2 Å². The Kier molecular flexibility index (Phi) is 8.89. The van der Waals surface area contributed by atoms with Crippen molar-refractivity contribution in [1.29, 1.82) is 5.26 Å². The van der Waals surface area contributed by atoms with Crippen LogP contribution in [0.1, 0.15) is 42.1 Å². The summed E-state index contributed by atoms with van der Waals surface area (Å²) >= 11 is 0. The van der Waals surface area contributed by atoms with Crippen molar-refractivity contribution < 1.29 is 28.5 Å². The summed E-state index contributed by atoms with van der Waals surface area (Å²) in [7, 11) is 6.61. The van der Waals surface area contributed by atoms with E-state index in [4.69, 9.17) is 18.9 Å². The zero-order valence-electron chi connectivity index (χ0n) is 20.7. The number of methoxy groups -OCH3 is 2. The van der Waals surface area contributed by atoms with E-state index in [9.17, 15) is 14.9 Å². The first-order valence-corrected chi connectivity index (χ1v) is 11.7. The number of rotatable bonds is 2. The van der Waals surface area contributed by atoms with E-state index in [-0.39, 0.29) is 60.2 Å². The summed E-state index contributed by atoms with van der Waals surface area (Å²) in [5, 5.41) is 9.66. The molecule has 1 aromatic carbocycles. The van der Waals surface area contributed by atoms with Gasteiger partial charge in [-0.1, -0.05) is 13.0 Å². The summed E-state index contributed by atoms with van der Waals surface area (Å²) in [5.74, 6) is -0.582. The molecule has 2 aliphatic rings. The van der Waals surface area contributed by atoms with Crippen LogP contribution >= 0.6 is 0 Å². The summed E-state index contributed by atoms with van der Waals surface area (Å²) in [4.78, 5) is 29.7. The molecule has 0 radical (unpaired) electrons. The van der Waals surface area contributed by atoms with Crippen LogP contribution in [0.2, 0.25) is 0 Å². The zero-order valence-corrected chi connectivity index (χ0v) is 20.7. The van der Waals surface area contributed by atoms with Gasteiger partial charge in [0.15, 0.2) is 0 Å². The second kappa shape index (κ2) is 11.6. The van der Waals surface area contributed by atoms with Crippen molar-refractivity contribution in [2.24, 2.45) is 5.92 Å². The number of hydrogen-bond acceptors (Lipinski definition) is 7. The van der Waals surface area contributed by atoms with Crippen LogP contribution in [0.4, 0.5) is 0 Å². The number of benzene rings is 1. The van der Waals surface area contributed by atoms with E-state index in [2.05, 4.69) is 6.07 Å². The fourth-order valence-electron chi connectivity index (χ4n) is 4.63. The lowest BCUT2D eigenvalue weighted by molar-refractivity contribution is -0.147. The van der Waals surface area contributed by atoms with E-state index >= 15 is 0 Å².